The molecule has 0 saturated carbocycles. The van der Waals surface area contributed by atoms with Crippen molar-refractivity contribution in [2.45, 2.75) is 51.2 Å². The first kappa shape index (κ1) is 27.2. The molecule has 4 aromatic rings. The highest BCUT2D eigenvalue weighted by Gasteiger charge is 2.48. The van der Waals surface area contributed by atoms with Crippen LogP contribution in [0.3, 0.4) is 0 Å². The zero-order chi connectivity index (χ0) is 27.0. The lowest BCUT2D eigenvalue weighted by molar-refractivity contribution is -0.0898. The predicted octanol–water partition coefficient (Wildman–Crippen LogP) is 7.10. The van der Waals surface area contributed by atoms with Crippen molar-refractivity contribution in [2.75, 3.05) is 6.61 Å². The van der Waals surface area contributed by atoms with E-state index < -0.39 is 36.1 Å². The van der Waals surface area contributed by atoms with Gasteiger partial charge in [-0.1, -0.05) is 91.0 Å². The molecular weight excluding hydrogens is 498 g/mol. The van der Waals surface area contributed by atoms with E-state index in [1.54, 1.807) is 6.92 Å². The Balaban J connectivity index is 1.42. The highest BCUT2D eigenvalue weighted by molar-refractivity contribution is 5.30. The molecule has 4 atom stereocenters. The summed E-state index contributed by atoms with van der Waals surface area (Å²) in [5, 5.41) is 0. The summed E-state index contributed by atoms with van der Waals surface area (Å²) in [4.78, 5) is 0. The standard InChI is InChI=1S/C33H32F2O4/c1-23-17-27(29(35)18-28(23)34)31-33(38-21-26-15-9-4-10-16-26)32(37-20-25-13-7-3-8-14-25)30(39-31)22-36-19-24-11-5-2-6-12-24/h2-18,30-33H,19-22H2,1H3/t30-,31+,32+,33?/m1/s1. The Bertz CT molecular complexity index is 1320. The minimum atomic E-state index is -0.806. The maximum absolute atomic E-state index is 15.1. The number of benzene rings is 4. The molecule has 1 saturated heterocycles. The highest BCUT2D eigenvalue weighted by Crippen LogP contribution is 2.40. The SMILES string of the molecule is Cc1cc([C@@H]2O[C@H](COCc3ccccc3)[C@H](OCc3ccccc3)C2OCc2ccccc2)c(F)cc1F. The van der Waals surface area contributed by atoms with Gasteiger partial charge in [-0.05, 0) is 35.2 Å². The van der Waals surface area contributed by atoms with E-state index in [-0.39, 0.29) is 18.8 Å². The van der Waals surface area contributed by atoms with E-state index >= 15 is 4.39 Å². The minimum absolute atomic E-state index is 0.220. The van der Waals surface area contributed by atoms with Gasteiger partial charge in [0.1, 0.15) is 36.1 Å². The van der Waals surface area contributed by atoms with E-state index in [0.29, 0.717) is 18.8 Å². The largest absolute Gasteiger partial charge is 0.374 e. The van der Waals surface area contributed by atoms with Crippen LogP contribution in [0.25, 0.3) is 0 Å². The summed E-state index contributed by atoms with van der Waals surface area (Å²) in [6.45, 7) is 2.84. The molecule has 39 heavy (non-hydrogen) atoms. The van der Waals surface area contributed by atoms with Crippen LogP contribution in [0.2, 0.25) is 0 Å². The van der Waals surface area contributed by atoms with Crippen LogP contribution < -0.4 is 0 Å². The molecule has 4 nitrogen and oxygen atoms in total. The summed E-state index contributed by atoms with van der Waals surface area (Å²) in [6, 6.07) is 31.8. The fourth-order valence-electron chi connectivity index (χ4n) is 4.79. The van der Waals surface area contributed by atoms with Gasteiger partial charge in [0.15, 0.2) is 0 Å². The van der Waals surface area contributed by atoms with Crippen LogP contribution in [0.4, 0.5) is 8.78 Å². The Morgan fingerprint density at radius 1 is 0.641 bits per heavy atom. The van der Waals surface area contributed by atoms with Crippen molar-refractivity contribution in [3.05, 3.63) is 143 Å². The van der Waals surface area contributed by atoms with E-state index in [2.05, 4.69) is 0 Å². The number of aryl methyl sites for hydroxylation is 1. The average Bonchev–Trinajstić information content (AvgIpc) is 3.31. The minimum Gasteiger partial charge on any atom is -0.374 e. The van der Waals surface area contributed by atoms with Gasteiger partial charge in [0.2, 0.25) is 0 Å². The maximum atomic E-state index is 15.1. The van der Waals surface area contributed by atoms with Crippen LogP contribution in [0.5, 0.6) is 0 Å². The summed E-state index contributed by atoms with van der Waals surface area (Å²) in [6.07, 6.45) is -2.55. The molecule has 5 rings (SSSR count). The van der Waals surface area contributed by atoms with Crippen molar-refractivity contribution < 1.29 is 27.7 Å². The molecule has 1 heterocycles. The van der Waals surface area contributed by atoms with E-state index in [9.17, 15) is 4.39 Å². The summed E-state index contributed by atoms with van der Waals surface area (Å²) < 4.78 is 54.6. The van der Waals surface area contributed by atoms with Crippen LogP contribution in [-0.2, 0) is 38.8 Å². The first-order chi connectivity index (χ1) is 19.1. The lowest BCUT2D eigenvalue weighted by atomic mass is 9.98. The number of hydrogen-bond donors (Lipinski definition) is 0. The second-order valence-corrected chi connectivity index (χ2v) is 9.74. The van der Waals surface area contributed by atoms with Crippen molar-refractivity contribution in [1.29, 1.82) is 0 Å². The van der Waals surface area contributed by atoms with Crippen LogP contribution >= 0.6 is 0 Å². The lowest BCUT2D eigenvalue weighted by Crippen LogP contribution is -2.38. The van der Waals surface area contributed by atoms with Gasteiger partial charge < -0.3 is 18.9 Å². The molecule has 1 unspecified atom stereocenters. The third kappa shape index (κ3) is 6.97. The molecule has 202 valence electrons. The van der Waals surface area contributed by atoms with E-state index in [1.165, 1.54) is 6.07 Å². The summed E-state index contributed by atoms with van der Waals surface area (Å²) in [5.74, 6) is -1.28. The molecule has 0 radical (unpaired) electrons. The Morgan fingerprint density at radius 3 is 1.72 bits per heavy atom. The number of ether oxygens (including phenoxy) is 4. The first-order valence-electron chi connectivity index (χ1n) is 13.1. The van der Waals surface area contributed by atoms with Gasteiger partial charge in [-0.2, -0.15) is 0 Å². The van der Waals surface area contributed by atoms with Crippen LogP contribution in [-0.4, -0.2) is 24.9 Å². The zero-order valence-corrected chi connectivity index (χ0v) is 21.8. The van der Waals surface area contributed by atoms with Crippen LogP contribution in [0.1, 0.15) is 33.9 Å². The molecule has 0 amide bonds. The van der Waals surface area contributed by atoms with E-state index in [1.807, 2.05) is 91.0 Å². The normalized spacial score (nSPS) is 20.8. The second kappa shape index (κ2) is 13.1. The third-order valence-corrected chi connectivity index (χ3v) is 6.86. The Kier molecular flexibility index (Phi) is 9.12. The quantitative estimate of drug-likeness (QED) is 0.207. The van der Waals surface area contributed by atoms with Gasteiger partial charge in [-0.15, -0.1) is 0 Å². The Morgan fingerprint density at radius 2 is 1.15 bits per heavy atom. The summed E-state index contributed by atoms with van der Waals surface area (Å²) in [5.41, 5.74) is 3.58. The van der Waals surface area contributed by atoms with Gasteiger partial charge in [0.25, 0.3) is 0 Å². The summed E-state index contributed by atoms with van der Waals surface area (Å²) >= 11 is 0. The van der Waals surface area contributed by atoms with Crippen molar-refractivity contribution >= 4 is 0 Å². The third-order valence-electron chi connectivity index (χ3n) is 6.86. The number of rotatable bonds is 11. The molecule has 0 N–H and O–H groups in total. The number of halogens is 2. The highest BCUT2D eigenvalue weighted by atomic mass is 19.1. The van der Waals surface area contributed by atoms with Crippen LogP contribution in [0.15, 0.2) is 103 Å². The Hall–Kier alpha value is -3.42. The maximum Gasteiger partial charge on any atom is 0.132 e. The molecule has 0 aliphatic carbocycles. The van der Waals surface area contributed by atoms with Gasteiger partial charge in [-0.3, -0.25) is 0 Å². The fourth-order valence-corrected chi connectivity index (χ4v) is 4.79. The molecule has 1 aliphatic rings. The topological polar surface area (TPSA) is 36.9 Å². The van der Waals surface area contributed by atoms with Gasteiger partial charge in [0, 0.05) is 11.6 Å². The molecule has 1 fully saturated rings. The molecule has 0 aromatic heterocycles. The fraction of sp³-hybridized carbons (Fsp3) is 0.273. The zero-order valence-electron chi connectivity index (χ0n) is 21.8. The van der Waals surface area contributed by atoms with Crippen molar-refractivity contribution in [3.8, 4) is 0 Å². The van der Waals surface area contributed by atoms with E-state index in [4.69, 9.17) is 18.9 Å². The van der Waals surface area contributed by atoms with Crippen molar-refractivity contribution in [1.82, 2.24) is 0 Å². The first-order valence-corrected chi connectivity index (χ1v) is 13.1. The molecule has 6 heteroatoms. The molecular formula is C33H32F2O4. The lowest BCUT2D eigenvalue weighted by Gasteiger charge is -2.25. The summed E-state index contributed by atoms with van der Waals surface area (Å²) in [7, 11) is 0. The van der Waals surface area contributed by atoms with Crippen molar-refractivity contribution in [3.63, 3.8) is 0 Å². The molecule has 0 bridgehead atoms. The van der Waals surface area contributed by atoms with Crippen molar-refractivity contribution in [2.24, 2.45) is 0 Å². The van der Waals surface area contributed by atoms with Gasteiger partial charge in [-0.25, -0.2) is 8.78 Å². The van der Waals surface area contributed by atoms with Gasteiger partial charge >= 0.3 is 0 Å². The monoisotopic (exact) mass is 530 g/mol. The van der Waals surface area contributed by atoms with E-state index in [0.717, 1.165) is 22.8 Å². The smallest absolute Gasteiger partial charge is 0.132 e. The average molecular weight is 531 g/mol. The number of hydrogen-bond acceptors (Lipinski definition) is 4. The second-order valence-electron chi connectivity index (χ2n) is 9.74. The molecule has 4 aromatic carbocycles. The molecule has 1 aliphatic heterocycles. The molecule has 0 spiro atoms. The van der Waals surface area contributed by atoms with Crippen LogP contribution in [0, 0.1) is 18.6 Å². The van der Waals surface area contributed by atoms with Gasteiger partial charge in [0.05, 0.1) is 26.4 Å². The Labute approximate surface area is 228 Å². The predicted molar refractivity (Wildman–Crippen MR) is 145 cm³/mol.